The van der Waals surface area contributed by atoms with Gasteiger partial charge in [-0.1, -0.05) is 0 Å². The van der Waals surface area contributed by atoms with Crippen LogP contribution in [0.25, 0.3) is 0 Å². The summed E-state index contributed by atoms with van der Waals surface area (Å²) in [5.74, 6) is -1.20. The van der Waals surface area contributed by atoms with E-state index in [1.54, 1.807) is 0 Å². The lowest BCUT2D eigenvalue weighted by Crippen LogP contribution is -2.18. The fourth-order valence-electron chi connectivity index (χ4n) is 4.21. The molecule has 44 heavy (non-hydrogen) atoms. The summed E-state index contributed by atoms with van der Waals surface area (Å²) in [6.45, 7) is 1.23. The van der Waals surface area contributed by atoms with E-state index in [9.17, 15) is 26.4 Å². The Morgan fingerprint density at radius 3 is 1.27 bits per heavy atom. The van der Waals surface area contributed by atoms with Crippen LogP contribution in [0.3, 0.4) is 0 Å². The van der Waals surface area contributed by atoms with Gasteiger partial charge in [0, 0.05) is 11.1 Å². The van der Waals surface area contributed by atoms with Crippen LogP contribution in [-0.2, 0) is 19.7 Å². The standard InChI is InChI=1S/C30H40N6O6S2/c1-35(2)15-5-17-43(39,40)23-11-13-25(31)27(19-23)33-29(37)21-7-9-22(10-8-21)30(38)34-28-20-24(12-14-26(28)32)44(41,42)18-6-16-36(3)4/h7-14,19-20H,5-6,15-18,31-32H2,1-4H3,(H,33,37)(H,34,38). The van der Waals surface area contributed by atoms with Gasteiger partial charge in [0.05, 0.1) is 44.0 Å². The van der Waals surface area contributed by atoms with Crippen LogP contribution in [0.5, 0.6) is 0 Å². The van der Waals surface area contributed by atoms with E-state index in [1.807, 2.05) is 38.0 Å². The summed E-state index contributed by atoms with van der Waals surface area (Å²) >= 11 is 0. The summed E-state index contributed by atoms with van der Waals surface area (Å²) in [4.78, 5) is 29.8. The molecule has 3 aromatic rings. The van der Waals surface area contributed by atoms with Crippen LogP contribution < -0.4 is 22.1 Å². The number of benzene rings is 3. The number of anilines is 4. The maximum Gasteiger partial charge on any atom is 0.255 e. The fourth-order valence-corrected chi connectivity index (χ4v) is 6.85. The zero-order chi connectivity index (χ0) is 32.7. The number of carbonyl (C=O) groups excluding carboxylic acids is 2. The number of sulfone groups is 2. The van der Waals surface area contributed by atoms with E-state index in [2.05, 4.69) is 10.6 Å². The van der Waals surface area contributed by atoms with Crippen molar-refractivity contribution in [1.29, 1.82) is 0 Å². The molecule has 0 unspecified atom stereocenters. The summed E-state index contributed by atoms with van der Waals surface area (Å²) in [5.41, 5.74) is 13.1. The van der Waals surface area contributed by atoms with E-state index in [1.165, 1.54) is 60.7 Å². The Morgan fingerprint density at radius 2 is 0.955 bits per heavy atom. The molecular weight excluding hydrogens is 605 g/mol. The summed E-state index contributed by atoms with van der Waals surface area (Å²) < 4.78 is 51.1. The van der Waals surface area contributed by atoms with Crippen LogP contribution in [0.4, 0.5) is 22.7 Å². The second-order valence-corrected chi connectivity index (χ2v) is 15.2. The summed E-state index contributed by atoms with van der Waals surface area (Å²) in [7, 11) is 0.288. The lowest BCUT2D eigenvalue weighted by atomic mass is 10.1. The molecular formula is C30H40N6O6S2. The van der Waals surface area contributed by atoms with Crippen molar-refractivity contribution in [3.05, 3.63) is 71.8 Å². The van der Waals surface area contributed by atoms with Gasteiger partial charge in [-0.25, -0.2) is 16.8 Å². The van der Waals surface area contributed by atoms with E-state index >= 15 is 0 Å². The molecule has 0 bridgehead atoms. The van der Waals surface area contributed by atoms with Crippen molar-refractivity contribution < 1.29 is 26.4 Å². The minimum absolute atomic E-state index is 0.0471. The number of nitrogen functional groups attached to an aromatic ring is 2. The molecule has 6 N–H and O–H groups in total. The topological polar surface area (TPSA) is 185 Å². The average Bonchev–Trinajstić information content (AvgIpc) is 2.94. The first-order valence-electron chi connectivity index (χ1n) is 13.9. The van der Waals surface area contributed by atoms with E-state index in [4.69, 9.17) is 11.5 Å². The first-order valence-corrected chi connectivity index (χ1v) is 17.2. The van der Waals surface area contributed by atoms with Gasteiger partial charge < -0.3 is 31.9 Å². The summed E-state index contributed by atoms with van der Waals surface area (Å²) in [6, 6.07) is 14.1. The number of carbonyl (C=O) groups is 2. The molecule has 12 nitrogen and oxygen atoms in total. The van der Waals surface area contributed by atoms with Gasteiger partial charge in [0.15, 0.2) is 19.7 Å². The van der Waals surface area contributed by atoms with Crippen molar-refractivity contribution in [1.82, 2.24) is 9.80 Å². The van der Waals surface area contributed by atoms with Crippen LogP contribution in [0.1, 0.15) is 33.6 Å². The van der Waals surface area contributed by atoms with Crippen molar-refractivity contribution in [3.8, 4) is 0 Å². The molecule has 238 valence electrons. The molecule has 0 spiro atoms. The minimum atomic E-state index is -3.58. The normalized spacial score (nSPS) is 12.0. The van der Waals surface area contributed by atoms with Crippen LogP contribution in [-0.4, -0.2) is 91.2 Å². The summed E-state index contributed by atoms with van der Waals surface area (Å²) in [5, 5.41) is 5.27. The number of rotatable bonds is 14. The average molecular weight is 645 g/mol. The van der Waals surface area contributed by atoms with Gasteiger partial charge >= 0.3 is 0 Å². The van der Waals surface area contributed by atoms with Gasteiger partial charge in [0.25, 0.3) is 11.8 Å². The molecule has 0 fully saturated rings. The van der Waals surface area contributed by atoms with E-state index in [0.717, 1.165) is 0 Å². The summed E-state index contributed by atoms with van der Waals surface area (Å²) in [6.07, 6.45) is 0.908. The maximum atomic E-state index is 12.9. The molecule has 0 radical (unpaired) electrons. The minimum Gasteiger partial charge on any atom is -0.397 e. The van der Waals surface area contributed by atoms with Crippen molar-refractivity contribution in [2.75, 3.05) is 74.9 Å². The number of nitrogens with zero attached hydrogens (tertiary/aromatic N) is 2. The predicted molar refractivity (Wildman–Crippen MR) is 175 cm³/mol. The third-order valence-electron chi connectivity index (χ3n) is 6.71. The largest absolute Gasteiger partial charge is 0.397 e. The first-order chi connectivity index (χ1) is 20.6. The Morgan fingerprint density at radius 1 is 0.614 bits per heavy atom. The van der Waals surface area contributed by atoms with Crippen molar-refractivity contribution >= 4 is 54.2 Å². The number of hydrogen-bond acceptors (Lipinski definition) is 10. The van der Waals surface area contributed by atoms with Crippen molar-refractivity contribution in [2.45, 2.75) is 22.6 Å². The van der Waals surface area contributed by atoms with Crippen LogP contribution in [0.2, 0.25) is 0 Å². The van der Waals surface area contributed by atoms with Crippen LogP contribution in [0, 0.1) is 0 Å². The molecule has 0 atom stereocenters. The molecule has 0 aliphatic heterocycles. The van der Waals surface area contributed by atoms with Gasteiger partial charge in [-0.3, -0.25) is 9.59 Å². The highest BCUT2D eigenvalue weighted by atomic mass is 32.2. The second kappa shape index (κ2) is 14.7. The maximum absolute atomic E-state index is 12.9. The zero-order valence-corrected chi connectivity index (χ0v) is 27.0. The molecule has 0 heterocycles. The Bertz CT molecular complexity index is 1580. The highest BCUT2D eigenvalue weighted by Gasteiger charge is 2.19. The lowest BCUT2D eigenvalue weighted by Gasteiger charge is -2.13. The number of nitrogens with two attached hydrogens (primary N) is 2. The van der Waals surface area contributed by atoms with Gasteiger partial charge in [0.1, 0.15) is 0 Å². The quantitative estimate of drug-likeness (QED) is 0.190. The molecule has 0 saturated heterocycles. The fraction of sp³-hybridized carbons (Fsp3) is 0.333. The Hall–Kier alpha value is -3.98. The molecule has 2 amide bonds. The van der Waals surface area contributed by atoms with Gasteiger partial charge in [-0.05, 0) is 115 Å². The van der Waals surface area contributed by atoms with Gasteiger partial charge in [-0.2, -0.15) is 0 Å². The van der Waals surface area contributed by atoms with Crippen LogP contribution in [0.15, 0.2) is 70.5 Å². The molecule has 3 aromatic carbocycles. The highest BCUT2D eigenvalue weighted by Crippen LogP contribution is 2.26. The second-order valence-electron chi connectivity index (χ2n) is 10.9. The van der Waals surface area contributed by atoms with Crippen molar-refractivity contribution in [3.63, 3.8) is 0 Å². The molecule has 14 heteroatoms. The molecule has 0 aromatic heterocycles. The predicted octanol–water partition coefficient (Wildman–Crippen LogP) is 2.81. The number of amides is 2. The molecule has 3 rings (SSSR count). The number of hydrogen-bond donors (Lipinski definition) is 4. The van der Waals surface area contributed by atoms with Crippen molar-refractivity contribution in [2.24, 2.45) is 0 Å². The highest BCUT2D eigenvalue weighted by molar-refractivity contribution is 7.91. The first kappa shape index (κ1) is 34.5. The lowest BCUT2D eigenvalue weighted by molar-refractivity contribution is 0.101. The zero-order valence-electron chi connectivity index (χ0n) is 25.3. The van der Waals surface area contributed by atoms with Gasteiger partial charge in [-0.15, -0.1) is 0 Å². The third-order valence-corrected chi connectivity index (χ3v) is 10.3. The Labute approximate surface area is 259 Å². The molecule has 0 aliphatic carbocycles. The van der Waals surface area contributed by atoms with Crippen LogP contribution >= 0.6 is 0 Å². The SMILES string of the molecule is CN(C)CCCS(=O)(=O)c1ccc(N)c(NC(=O)c2ccc(C(=O)Nc3cc(S(=O)(=O)CCCN(C)C)ccc3N)cc2)c1. The van der Waals surface area contributed by atoms with E-state index in [0.29, 0.717) is 25.9 Å². The third kappa shape index (κ3) is 9.51. The van der Waals surface area contributed by atoms with E-state index < -0.39 is 31.5 Å². The monoisotopic (exact) mass is 644 g/mol. The molecule has 0 saturated carbocycles. The Balaban J connectivity index is 1.70. The van der Waals surface area contributed by atoms with Gasteiger partial charge in [0.2, 0.25) is 0 Å². The molecule has 0 aliphatic rings. The Kier molecular flexibility index (Phi) is 11.5. The smallest absolute Gasteiger partial charge is 0.255 e. The van der Waals surface area contributed by atoms with E-state index in [-0.39, 0.29) is 55.2 Å². The number of nitrogens with one attached hydrogen (secondary N) is 2.